The Balaban J connectivity index is 1.83. The minimum Gasteiger partial charge on any atom is -0.478 e. The highest BCUT2D eigenvalue weighted by Crippen LogP contribution is 2.38. The highest BCUT2D eigenvalue weighted by atomic mass is 32.2. The van der Waals surface area contributed by atoms with Gasteiger partial charge in [-0.25, -0.2) is 13.2 Å². The van der Waals surface area contributed by atoms with E-state index in [1.165, 1.54) is 22.5 Å². The first-order chi connectivity index (χ1) is 11.8. The molecular weight excluding hydrogens is 346 g/mol. The van der Waals surface area contributed by atoms with Gasteiger partial charge >= 0.3 is 11.9 Å². The van der Waals surface area contributed by atoms with Crippen molar-refractivity contribution in [2.45, 2.75) is 44.1 Å². The number of benzene rings is 1. The van der Waals surface area contributed by atoms with Crippen LogP contribution in [-0.4, -0.2) is 48.5 Å². The third-order valence-electron chi connectivity index (χ3n) is 4.81. The quantitative estimate of drug-likeness (QED) is 0.767. The summed E-state index contributed by atoms with van der Waals surface area (Å²) in [6.07, 6.45) is 1.51. The molecule has 0 amide bonds. The zero-order valence-electron chi connectivity index (χ0n) is 13.9. The molecule has 2 aliphatic rings. The smallest absolute Gasteiger partial charge is 0.335 e. The number of ether oxygens (including phenoxy) is 1. The molecule has 136 valence electrons. The van der Waals surface area contributed by atoms with Crippen molar-refractivity contribution in [1.82, 2.24) is 4.31 Å². The number of sulfonamides is 1. The molecule has 1 aromatic rings. The second-order valence-corrected chi connectivity index (χ2v) is 8.44. The van der Waals surface area contributed by atoms with Gasteiger partial charge in [-0.3, -0.25) is 4.79 Å². The molecule has 0 radical (unpaired) electrons. The number of hydrogen-bond acceptors (Lipinski definition) is 5. The molecular formula is C17H21NO6S. The standard InChI is InChI=1S/C17H21NO6S/c1-2-4-13-15-14(24-17(13)21)7-8-18(15)25(22,23)10-11-5-3-6-12(9-11)16(19)20/h3,5-6,9,13-15H,2,4,7-8,10H2,1H3,(H,19,20)/t13?,14-,15+/m0/s1. The summed E-state index contributed by atoms with van der Waals surface area (Å²) in [5.41, 5.74) is 0.468. The zero-order valence-corrected chi connectivity index (χ0v) is 14.7. The Hall–Kier alpha value is -1.93. The summed E-state index contributed by atoms with van der Waals surface area (Å²) in [5.74, 6) is -2.12. The Morgan fingerprint density at radius 1 is 1.40 bits per heavy atom. The summed E-state index contributed by atoms with van der Waals surface area (Å²) >= 11 is 0. The van der Waals surface area contributed by atoms with Gasteiger partial charge < -0.3 is 9.84 Å². The number of esters is 1. The van der Waals surface area contributed by atoms with E-state index in [1.807, 2.05) is 6.92 Å². The summed E-state index contributed by atoms with van der Waals surface area (Å²) < 4.78 is 32.5. The minimum atomic E-state index is -3.68. The van der Waals surface area contributed by atoms with Crippen LogP contribution in [0.15, 0.2) is 24.3 Å². The lowest BCUT2D eigenvalue weighted by Gasteiger charge is -2.25. The number of hydrogen-bond donors (Lipinski definition) is 1. The number of carbonyl (C=O) groups excluding carboxylic acids is 1. The molecule has 3 atom stereocenters. The highest BCUT2D eigenvalue weighted by molar-refractivity contribution is 7.88. The van der Waals surface area contributed by atoms with Gasteiger partial charge in [-0.15, -0.1) is 0 Å². The molecule has 1 N–H and O–H groups in total. The fourth-order valence-electron chi connectivity index (χ4n) is 3.74. The summed E-state index contributed by atoms with van der Waals surface area (Å²) in [5, 5.41) is 9.05. The first kappa shape index (κ1) is 17.9. The molecule has 0 aromatic heterocycles. The number of aromatic carboxylic acids is 1. The van der Waals surface area contributed by atoms with E-state index in [1.54, 1.807) is 6.07 Å². The topological polar surface area (TPSA) is 101 Å². The highest BCUT2D eigenvalue weighted by Gasteiger charge is 2.53. The van der Waals surface area contributed by atoms with Crippen LogP contribution in [0.5, 0.6) is 0 Å². The van der Waals surface area contributed by atoms with Gasteiger partial charge in [0.2, 0.25) is 10.0 Å². The molecule has 3 rings (SSSR count). The molecule has 1 aromatic carbocycles. The third-order valence-corrected chi connectivity index (χ3v) is 6.65. The molecule has 1 unspecified atom stereocenters. The SMILES string of the molecule is CCCC1C(=O)O[C@H]2CCN(S(=O)(=O)Cc3cccc(C(=O)O)c3)[C@H]12. The molecule has 0 aliphatic carbocycles. The van der Waals surface area contributed by atoms with Gasteiger partial charge in [0.1, 0.15) is 6.10 Å². The van der Waals surface area contributed by atoms with Crippen LogP contribution in [-0.2, 0) is 25.3 Å². The van der Waals surface area contributed by atoms with Crippen LogP contribution in [0.4, 0.5) is 0 Å². The van der Waals surface area contributed by atoms with Gasteiger partial charge in [-0.1, -0.05) is 25.5 Å². The lowest BCUT2D eigenvalue weighted by Crippen LogP contribution is -2.42. The second kappa shape index (κ2) is 6.76. The van der Waals surface area contributed by atoms with E-state index >= 15 is 0 Å². The Kier molecular flexibility index (Phi) is 4.83. The fraction of sp³-hybridized carbons (Fsp3) is 0.529. The Morgan fingerprint density at radius 2 is 2.16 bits per heavy atom. The van der Waals surface area contributed by atoms with Gasteiger partial charge in [0.05, 0.1) is 23.3 Å². The van der Waals surface area contributed by atoms with Crippen LogP contribution in [0, 0.1) is 5.92 Å². The Morgan fingerprint density at radius 3 is 2.84 bits per heavy atom. The average Bonchev–Trinajstić information content (AvgIpc) is 3.08. The van der Waals surface area contributed by atoms with Crippen LogP contribution < -0.4 is 0 Å². The number of nitrogens with zero attached hydrogens (tertiary/aromatic N) is 1. The molecule has 2 heterocycles. The van der Waals surface area contributed by atoms with Crippen LogP contribution in [0.25, 0.3) is 0 Å². The van der Waals surface area contributed by atoms with Crippen molar-refractivity contribution in [3.8, 4) is 0 Å². The maximum atomic E-state index is 12.9. The van der Waals surface area contributed by atoms with Gasteiger partial charge in [0.15, 0.2) is 0 Å². The van der Waals surface area contributed by atoms with E-state index in [9.17, 15) is 18.0 Å². The molecule has 2 saturated heterocycles. The third kappa shape index (κ3) is 3.41. The summed E-state index contributed by atoms with van der Waals surface area (Å²) in [6.45, 7) is 2.27. The molecule has 0 spiro atoms. The van der Waals surface area contributed by atoms with Crippen molar-refractivity contribution < 1.29 is 27.9 Å². The van der Waals surface area contributed by atoms with Crippen LogP contribution in [0.1, 0.15) is 42.1 Å². The number of carboxylic acids is 1. The normalized spacial score (nSPS) is 26.4. The lowest BCUT2D eigenvalue weighted by atomic mass is 9.95. The van der Waals surface area contributed by atoms with Crippen molar-refractivity contribution in [3.63, 3.8) is 0 Å². The van der Waals surface area contributed by atoms with Gasteiger partial charge in [0, 0.05) is 6.54 Å². The monoisotopic (exact) mass is 367 g/mol. The van der Waals surface area contributed by atoms with E-state index in [4.69, 9.17) is 9.84 Å². The summed E-state index contributed by atoms with van der Waals surface area (Å²) in [4.78, 5) is 23.1. The van der Waals surface area contributed by atoms with E-state index in [2.05, 4.69) is 0 Å². The number of carbonyl (C=O) groups is 2. The van der Waals surface area contributed by atoms with E-state index in [0.29, 0.717) is 24.9 Å². The zero-order chi connectivity index (χ0) is 18.2. The van der Waals surface area contributed by atoms with Crippen molar-refractivity contribution in [1.29, 1.82) is 0 Å². The van der Waals surface area contributed by atoms with Crippen molar-refractivity contribution in [2.24, 2.45) is 5.92 Å². The number of carboxylic acid groups (broad SMARTS) is 1. The van der Waals surface area contributed by atoms with Gasteiger partial charge in [0.25, 0.3) is 0 Å². The molecule has 8 heteroatoms. The van der Waals surface area contributed by atoms with Crippen LogP contribution in [0.3, 0.4) is 0 Å². The summed E-state index contributed by atoms with van der Waals surface area (Å²) in [6, 6.07) is 5.47. The summed E-state index contributed by atoms with van der Waals surface area (Å²) in [7, 11) is -3.68. The molecule has 0 saturated carbocycles. The first-order valence-corrected chi connectivity index (χ1v) is 9.96. The van der Waals surface area contributed by atoms with Crippen molar-refractivity contribution in [2.75, 3.05) is 6.54 Å². The second-order valence-electron chi connectivity index (χ2n) is 6.52. The first-order valence-electron chi connectivity index (χ1n) is 8.35. The van der Waals surface area contributed by atoms with E-state index in [-0.39, 0.29) is 23.4 Å². The van der Waals surface area contributed by atoms with Crippen LogP contribution >= 0.6 is 0 Å². The van der Waals surface area contributed by atoms with Crippen LogP contribution in [0.2, 0.25) is 0 Å². The molecule has 25 heavy (non-hydrogen) atoms. The molecule has 7 nitrogen and oxygen atoms in total. The van der Waals surface area contributed by atoms with Crippen molar-refractivity contribution in [3.05, 3.63) is 35.4 Å². The van der Waals surface area contributed by atoms with Crippen molar-refractivity contribution >= 4 is 22.0 Å². The lowest BCUT2D eigenvalue weighted by molar-refractivity contribution is -0.144. The average molecular weight is 367 g/mol. The van der Waals surface area contributed by atoms with Gasteiger partial charge in [-0.05, 0) is 30.5 Å². The largest absolute Gasteiger partial charge is 0.478 e. The molecule has 2 aliphatic heterocycles. The maximum absolute atomic E-state index is 12.9. The number of rotatable bonds is 6. The molecule has 2 fully saturated rings. The van der Waals surface area contributed by atoms with E-state index < -0.39 is 28.0 Å². The number of fused-ring (bicyclic) bond motifs is 1. The Bertz CT molecular complexity index is 790. The Labute approximate surface area is 146 Å². The minimum absolute atomic E-state index is 0.0511. The maximum Gasteiger partial charge on any atom is 0.335 e. The van der Waals surface area contributed by atoms with E-state index in [0.717, 1.165) is 6.42 Å². The molecule has 0 bridgehead atoms. The fourth-order valence-corrected chi connectivity index (χ4v) is 5.54. The predicted octanol–water partition coefficient (Wildman–Crippen LogP) is 1.63. The predicted molar refractivity (Wildman–Crippen MR) is 89.4 cm³/mol. The van der Waals surface area contributed by atoms with Gasteiger partial charge in [-0.2, -0.15) is 4.31 Å².